The molecule has 1 aliphatic rings. The van der Waals surface area contributed by atoms with Crippen molar-refractivity contribution in [2.75, 3.05) is 14.1 Å². The van der Waals surface area contributed by atoms with Gasteiger partial charge in [-0.25, -0.2) is 17.5 Å². The van der Waals surface area contributed by atoms with E-state index in [1.54, 1.807) is 22.4 Å². The summed E-state index contributed by atoms with van der Waals surface area (Å²) in [7, 11) is 3.47. The highest BCUT2D eigenvalue weighted by Crippen LogP contribution is 2.25. The molecule has 2 rings (SSSR count). The number of aldehydes is 1. The van der Waals surface area contributed by atoms with Gasteiger partial charge < -0.3 is 4.79 Å². The number of imidazole rings is 1. The van der Waals surface area contributed by atoms with E-state index in [0.717, 1.165) is 36.1 Å². The van der Waals surface area contributed by atoms with Gasteiger partial charge in [0.05, 0.1) is 17.8 Å². The molecule has 0 fully saturated rings. The van der Waals surface area contributed by atoms with Gasteiger partial charge in [0.15, 0.2) is 0 Å². The Bertz CT molecular complexity index is 600. The average molecular weight is 293 g/mol. The van der Waals surface area contributed by atoms with Crippen molar-refractivity contribution >= 4 is 23.0 Å². The van der Waals surface area contributed by atoms with Crippen LogP contribution in [0.4, 0.5) is 0 Å². The molecule has 0 amide bonds. The van der Waals surface area contributed by atoms with Crippen LogP contribution in [-0.2, 0) is 22.4 Å². The molecule has 0 spiro atoms. The van der Waals surface area contributed by atoms with Gasteiger partial charge in [0.1, 0.15) is 12.1 Å². The quantitative estimate of drug-likeness (QED) is 0.776. The second-order valence-electron chi connectivity index (χ2n) is 4.81. The molecule has 0 radical (unpaired) electrons. The lowest BCUT2D eigenvalue weighted by molar-refractivity contribution is -0.107. The Hall–Kier alpha value is -1.53. The molecule has 6 heteroatoms. The minimum absolute atomic E-state index is 0.164. The minimum atomic E-state index is -1.37. The van der Waals surface area contributed by atoms with E-state index in [-0.39, 0.29) is 6.42 Å². The normalized spacial score (nSPS) is 16.3. The van der Waals surface area contributed by atoms with Crippen LogP contribution in [-0.4, -0.2) is 37.9 Å². The zero-order valence-corrected chi connectivity index (χ0v) is 12.8. The monoisotopic (exact) mass is 293 g/mol. The first-order chi connectivity index (χ1) is 9.56. The van der Waals surface area contributed by atoms with E-state index in [2.05, 4.69) is 17.1 Å². The predicted octanol–water partition coefficient (Wildman–Crippen LogP) is 1.65. The Morgan fingerprint density at radius 1 is 1.45 bits per heavy atom. The number of aromatic nitrogens is 2. The van der Waals surface area contributed by atoms with Gasteiger partial charge in [0.2, 0.25) is 11.2 Å². The molecule has 0 aliphatic heterocycles. The van der Waals surface area contributed by atoms with E-state index in [0.29, 0.717) is 5.82 Å². The SMILES string of the molecule is Cc1c(C2=CCCC=C2)nc(CC=O)n1S(=O)N(C)C. The molecule has 1 unspecified atom stereocenters. The summed E-state index contributed by atoms with van der Waals surface area (Å²) in [4.78, 5) is 15.3. The van der Waals surface area contributed by atoms with E-state index in [1.807, 2.05) is 13.0 Å². The molecule has 0 bridgehead atoms. The molecule has 1 aromatic heterocycles. The molecule has 0 N–H and O–H groups in total. The summed E-state index contributed by atoms with van der Waals surface area (Å²) in [5.41, 5.74) is 2.68. The van der Waals surface area contributed by atoms with Crippen LogP contribution in [0.2, 0.25) is 0 Å². The van der Waals surface area contributed by atoms with Crippen LogP contribution in [0.15, 0.2) is 18.2 Å². The van der Waals surface area contributed by atoms with E-state index in [9.17, 15) is 9.00 Å². The highest BCUT2D eigenvalue weighted by atomic mass is 32.2. The maximum atomic E-state index is 12.4. The van der Waals surface area contributed by atoms with Gasteiger partial charge >= 0.3 is 0 Å². The number of rotatable bonds is 5. The zero-order valence-electron chi connectivity index (χ0n) is 12.0. The molecule has 1 heterocycles. The van der Waals surface area contributed by atoms with Gasteiger partial charge in [0, 0.05) is 14.1 Å². The highest BCUT2D eigenvalue weighted by Gasteiger charge is 2.21. The molecule has 1 atom stereocenters. The third kappa shape index (κ3) is 2.81. The van der Waals surface area contributed by atoms with Gasteiger partial charge in [-0.3, -0.25) is 0 Å². The average Bonchev–Trinajstić information content (AvgIpc) is 2.76. The van der Waals surface area contributed by atoms with Crippen LogP contribution >= 0.6 is 0 Å². The molecule has 20 heavy (non-hydrogen) atoms. The van der Waals surface area contributed by atoms with Crippen LogP contribution in [0.3, 0.4) is 0 Å². The van der Waals surface area contributed by atoms with Crippen LogP contribution < -0.4 is 0 Å². The lowest BCUT2D eigenvalue weighted by Gasteiger charge is -2.13. The molecule has 0 saturated heterocycles. The van der Waals surface area contributed by atoms with Crippen molar-refractivity contribution in [1.82, 2.24) is 13.3 Å². The second-order valence-corrected chi connectivity index (χ2v) is 6.37. The molecule has 1 aromatic rings. The number of hydrogen-bond acceptors (Lipinski definition) is 3. The molecular formula is C14H19N3O2S. The fraction of sp³-hybridized carbons (Fsp3) is 0.429. The van der Waals surface area contributed by atoms with Crippen LogP contribution in [0.5, 0.6) is 0 Å². The Morgan fingerprint density at radius 2 is 2.20 bits per heavy atom. The fourth-order valence-electron chi connectivity index (χ4n) is 2.18. The molecule has 108 valence electrons. The van der Waals surface area contributed by atoms with Gasteiger partial charge in [-0.2, -0.15) is 0 Å². The smallest absolute Gasteiger partial charge is 0.204 e. The highest BCUT2D eigenvalue weighted by molar-refractivity contribution is 7.81. The molecule has 0 saturated carbocycles. The van der Waals surface area contributed by atoms with Crippen molar-refractivity contribution in [3.05, 3.63) is 35.4 Å². The minimum Gasteiger partial charge on any atom is -0.303 e. The number of hydrogen-bond donors (Lipinski definition) is 0. The predicted molar refractivity (Wildman–Crippen MR) is 80.3 cm³/mol. The topological polar surface area (TPSA) is 55.2 Å². The Balaban J connectivity index is 2.53. The first-order valence-electron chi connectivity index (χ1n) is 6.55. The van der Waals surface area contributed by atoms with Crippen LogP contribution in [0, 0.1) is 6.92 Å². The lowest BCUT2D eigenvalue weighted by atomic mass is 10.0. The summed E-state index contributed by atoms with van der Waals surface area (Å²) in [6.45, 7) is 1.89. The molecular weight excluding hydrogens is 274 g/mol. The molecule has 1 aliphatic carbocycles. The van der Waals surface area contributed by atoms with Crippen molar-refractivity contribution in [2.24, 2.45) is 0 Å². The first-order valence-corrected chi connectivity index (χ1v) is 7.61. The first kappa shape index (κ1) is 14.9. The van der Waals surface area contributed by atoms with Gasteiger partial charge in [-0.1, -0.05) is 18.2 Å². The third-order valence-corrected chi connectivity index (χ3v) is 4.55. The van der Waals surface area contributed by atoms with Gasteiger partial charge in [-0.15, -0.1) is 0 Å². The van der Waals surface area contributed by atoms with Gasteiger partial charge in [0.25, 0.3) is 0 Å². The van der Waals surface area contributed by atoms with E-state index >= 15 is 0 Å². The maximum absolute atomic E-state index is 12.4. The third-order valence-electron chi connectivity index (χ3n) is 3.13. The van der Waals surface area contributed by atoms with Gasteiger partial charge in [-0.05, 0) is 25.3 Å². The number of carbonyl (C=O) groups is 1. The summed E-state index contributed by atoms with van der Waals surface area (Å²) >= 11 is -1.37. The summed E-state index contributed by atoms with van der Waals surface area (Å²) in [6, 6.07) is 0. The van der Waals surface area contributed by atoms with Crippen molar-refractivity contribution in [2.45, 2.75) is 26.2 Å². The van der Waals surface area contributed by atoms with Crippen LogP contribution in [0.1, 0.15) is 30.1 Å². The van der Waals surface area contributed by atoms with E-state index < -0.39 is 11.2 Å². The molecule has 5 nitrogen and oxygen atoms in total. The summed E-state index contributed by atoms with van der Waals surface area (Å²) < 4.78 is 15.6. The van der Waals surface area contributed by atoms with Crippen LogP contribution in [0.25, 0.3) is 5.57 Å². The van der Waals surface area contributed by atoms with E-state index in [4.69, 9.17) is 0 Å². The fourth-order valence-corrected chi connectivity index (χ4v) is 3.12. The number of allylic oxidation sites excluding steroid dienone is 4. The Labute approximate surface area is 121 Å². The summed E-state index contributed by atoms with van der Waals surface area (Å²) in [5, 5.41) is 0. The van der Waals surface area contributed by atoms with Crippen molar-refractivity contribution in [3.8, 4) is 0 Å². The number of carbonyl (C=O) groups excluding carboxylic acids is 1. The van der Waals surface area contributed by atoms with Crippen molar-refractivity contribution < 1.29 is 9.00 Å². The summed E-state index contributed by atoms with van der Waals surface area (Å²) in [5.74, 6) is 0.541. The number of nitrogens with zero attached hydrogens (tertiary/aromatic N) is 3. The lowest BCUT2D eigenvalue weighted by Crippen LogP contribution is -2.24. The standard InChI is InChI=1S/C14H19N3O2S/c1-11-14(12-7-5-4-6-8-12)15-13(9-10-18)17(11)20(19)16(2)3/h5,7-8,10H,4,6,9H2,1-3H3. The van der Waals surface area contributed by atoms with E-state index in [1.165, 1.54) is 0 Å². The Morgan fingerprint density at radius 3 is 2.75 bits per heavy atom. The summed E-state index contributed by atoms with van der Waals surface area (Å²) in [6.07, 6.45) is 9.24. The second kappa shape index (κ2) is 6.28. The van der Waals surface area contributed by atoms with Crippen molar-refractivity contribution in [1.29, 1.82) is 0 Å². The largest absolute Gasteiger partial charge is 0.303 e. The zero-order chi connectivity index (χ0) is 14.7. The molecule has 0 aromatic carbocycles. The maximum Gasteiger partial charge on any atom is 0.204 e. The van der Waals surface area contributed by atoms with Crippen molar-refractivity contribution in [3.63, 3.8) is 0 Å². The Kier molecular flexibility index (Phi) is 4.67.